The van der Waals surface area contributed by atoms with Crippen LogP contribution in [0.3, 0.4) is 0 Å². The second-order valence-corrected chi connectivity index (χ2v) is 11.8. The van der Waals surface area contributed by atoms with Crippen molar-refractivity contribution in [2.75, 3.05) is 17.1 Å². The molecule has 7 nitrogen and oxygen atoms in total. The summed E-state index contributed by atoms with van der Waals surface area (Å²) in [7, 11) is -3.95. The molecule has 0 saturated carbocycles. The molecule has 0 saturated heterocycles. The van der Waals surface area contributed by atoms with E-state index < -0.39 is 33.7 Å². The number of hydrogen-bond acceptors (Lipinski definition) is 4. The summed E-state index contributed by atoms with van der Waals surface area (Å²) in [6.45, 7) is 4.87. The Kier molecular flexibility index (Phi) is 10.9. The molecule has 0 aromatic heterocycles. The second-order valence-electron chi connectivity index (χ2n) is 9.08. The molecule has 2 rings (SSSR count). The molecule has 0 radical (unpaired) electrons. The molecule has 2 aromatic rings. The zero-order valence-electron chi connectivity index (χ0n) is 21.4. The maximum Gasteiger partial charge on any atom is 0.416 e. The molecule has 0 bridgehead atoms. The number of alkyl halides is 3. The van der Waals surface area contributed by atoms with E-state index in [1.807, 2.05) is 0 Å². The third-order valence-corrected chi connectivity index (χ3v) is 7.35. The summed E-state index contributed by atoms with van der Waals surface area (Å²) >= 11 is 12.2. The lowest BCUT2D eigenvalue weighted by Crippen LogP contribution is -2.49. The molecule has 0 fully saturated rings. The van der Waals surface area contributed by atoms with Crippen molar-refractivity contribution in [2.45, 2.75) is 58.4 Å². The minimum atomic E-state index is -4.65. The van der Waals surface area contributed by atoms with E-state index in [1.165, 1.54) is 17.0 Å². The largest absolute Gasteiger partial charge is 0.416 e. The molecule has 1 atom stereocenters. The molecule has 0 aliphatic heterocycles. The predicted molar refractivity (Wildman–Crippen MR) is 143 cm³/mol. The quantitative estimate of drug-likeness (QED) is 0.371. The van der Waals surface area contributed by atoms with Crippen molar-refractivity contribution in [2.24, 2.45) is 0 Å². The van der Waals surface area contributed by atoms with E-state index in [1.54, 1.807) is 32.9 Å². The number of rotatable bonds is 11. The van der Waals surface area contributed by atoms with Crippen LogP contribution in [0.5, 0.6) is 0 Å². The van der Waals surface area contributed by atoms with E-state index >= 15 is 0 Å². The van der Waals surface area contributed by atoms with Crippen molar-refractivity contribution >= 4 is 50.7 Å². The third-order valence-electron chi connectivity index (χ3n) is 5.57. The van der Waals surface area contributed by atoms with Gasteiger partial charge in [-0.1, -0.05) is 35.3 Å². The van der Waals surface area contributed by atoms with Gasteiger partial charge in [-0.05, 0) is 63.1 Å². The van der Waals surface area contributed by atoms with Crippen LogP contribution in [0, 0.1) is 0 Å². The molecule has 2 aromatic carbocycles. The molecule has 0 aliphatic rings. The van der Waals surface area contributed by atoms with Crippen LogP contribution < -0.4 is 9.62 Å². The number of halogens is 5. The molecule has 13 heteroatoms. The third kappa shape index (κ3) is 9.06. The minimum Gasteiger partial charge on any atom is -0.352 e. The summed E-state index contributed by atoms with van der Waals surface area (Å²) in [5, 5.41) is 3.46. The van der Waals surface area contributed by atoms with Crippen molar-refractivity contribution in [1.82, 2.24) is 10.2 Å². The first-order chi connectivity index (χ1) is 17.5. The van der Waals surface area contributed by atoms with E-state index in [4.69, 9.17) is 23.2 Å². The zero-order chi connectivity index (χ0) is 28.8. The highest BCUT2D eigenvalue weighted by molar-refractivity contribution is 7.92. The predicted octanol–water partition coefficient (Wildman–Crippen LogP) is 5.50. The maximum absolute atomic E-state index is 13.3. The molecular weight excluding hydrogens is 566 g/mol. The Morgan fingerprint density at radius 3 is 2.26 bits per heavy atom. The Morgan fingerprint density at radius 1 is 1.05 bits per heavy atom. The van der Waals surface area contributed by atoms with Crippen molar-refractivity contribution < 1.29 is 31.2 Å². The van der Waals surface area contributed by atoms with E-state index in [9.17, 15) is 31.2 Å². The van der Waals surface area contributed by atoms with Crippen LogP contribution in [-0.4, -0.2) is 50.0 Å². The number of nitrogens with one attached hydrogen (secondary N) is 1. The first-order valence-corrected chi connectivity index (χ1v) is 14.3. The van der Waals surface area contributed by atoms with Gasteiger partial charge in [0.25, 0.3) is 0 Å². The second kappa shape index (κ2) is 13.0. The average Bonchev–Trinajstić information content (AvgIpc) is 2.79. The van der Waals surface area contributed by atoms with Crippen molar-refractivity contribution in [3.05, 3.63) is 63.6 Å². The molecule has 0 spiro atoms. The van der Waals surface area contributed by atoms with Crippen molar-refractivity contribution in [3.63, 3.8) is 0 Å². The van der Waals surface area contributed by atoms with E-state index in [-0.39, 0.29) is 43.6 Å². The van der Waals surface area contributed by atoms with Gasteiger partial charge in [0.15, 0.2) is 0 Å². The van der Waals surface area contributed by atoms with Gasteiger partial charge in [0, 0.05) is 35.6 Å². The van der Waals surface area contributed by atoms with E-state index in [0.717, 1.165) is 28.8 Å². The van der Waals surface area contributed by atoms with Crippen molar-refractivity contribution in [1.29, 1.82) is 0 Å². The topological polar surface area (TPSA) is 86.8 Å². The van der Waals surface area contributed by atoms with Crippen LogP contribution in [-0.2, 0) is 32.3 Å². The standard InChI is InChI=1S/C25H30Cl2F3N3O4S/c1-16(2)31-24(35)17(3)32(15-18-10-11-20(26)14-22(18)27)23(34)9-6-12-33(38(4,36)37)21-8-5-7-19(13-21)25(28,29)30/h5,7-8,10-11,13-14,16-17H,6,9,12,15H2,1-4H3,(H,31,35)/t17-/m1/s1. The van der Waals surface area contributed by atoms with Gasteiger partial charge in [0.2, 0.25) is 21.8 Å². The van der Waals surface area contributed by atoms with E-state index in [2.05, 4.69) is 5.32 Å². The fourth-order valence-corrected chi connectivity index (χ4v) is 5.09. The van der Waals surface area contributed by atoms with Gasteiger partial charge in [0.1, 0.15) is 6.04 Å². The van der Waals surface area contributed by atoms with Crippen LogP contribution in [0.15, 0.2) is 42.5 Å². The fraction of sp³-hybridized carbons (Fsp3) is 0.440. The summed E-state index contributed by atoms with van der Waals surface area (Å²) in [5.74, 6) is -0.847. The molecule has 210 valence electrons. The van der Waals surface area contributed by atoms with Crippen LogP contribution in [0.2, 0.25) is 10.0 Å². The summed E-state index contributed by atoms with van der Waals surface area (Å²) in [6, 6.07) is 7.66. The molecule has 2 amide bonds. The molecular formula is C25H30Cl2F3N3O4S. The monoisotopic (exact) mass is 595 g/mol. The summed E-state index contributed by atoms with van der Waals surface area (Å²) in [5.41, 5.74) is -0.602. The molecule has 1 N–H and O–H groups in total. The van der Waals surface area contributed by atoms with Gasteiger partial charge < -0.3 is 10.2 Å². The Morgan fingerprint density at radius 2 is 1.71 bits per heavy atom. The van der Waals surface area contributed by atoms with Crippen LogP contribution in [0.25, 0.3) is 0 Å². The number of sulfonamides is 1. The van der Waals surface area contributed by atoms with Crippen molar-refractivity contribution in [3.8, 4) is 0 Å². The average molecular weight is 596 g/mol. The molecule has 0 unspecified atom stereocenters. The summed E-state index contributed by atoms with van der Waals surface area (Å²) < 4.78 is 65.1. The number of amides is 2. The molecule has 0 aliphatic carbocycles. The minimum absolute atomic E-state index is 0.00841. The molecule has 38 heavy (non-hydrogen) atoms. The van der Waals surface area contributed by atoms with Gasteiger partial charge >= 0.3 is 6.18 Å². The number of anilines is 1. The van der Waals surface area contributed by atoms with Gasteiger partial charge in [-0.2, -0.15) is 13.2 Å². The number of carbonyl (C=O) groups is 2. The van der Waals surface area contributed by atoms with Gasteiger partial charge in [-0.25, -0.2) is 8.42 Å². The fourth-order valence-electron chi connectivity index (χ4n) is 3.66. The maximum atomic E-state index is 13.3. The lowest BCUT2D eigenvalue weighted by Gasteiger charge is -2.30. The highest BCUT2D eigenvalue weighted by Crippen LogP contribution is 2.32. The SMILES string of the molecule is CC(C)NC(=O)[C@@H](C)N(Cc1ccc(Cl)cc1Cl)C(=O)CCCN(c1cccc(C(F)(F)F)c1)S(C)(=O)=O. The first-order valence-electron chi connectivity index (χ1n) is 11.7. The highest BCUT2D eigenvalue weighted by atomic mass is 35.5. The van der Waals surface area contributed by atoms with E-state index in [0.29, 0.717) is 15.6 Å². The smallest absolute Gasteiger partial charge is 0.352 e. The molecule has 0 heterocycles. The lowest BCUT2D eigenvalue weighted by molar-refractivity contribution is -0.140. The Bertz CT molecular complexity index is 1260. The summed E-state index contributed by atoms with van der Waals surface area (Å²) in [4.78, 5) is 27.3. The lowest BCUT2D eigenvalue weighted by atomic mass is 10.1. The zero-order valence-corrected chi connectivity index (χ0v) is 23.7. The number of nitrogens with zero attached hydrogens (tertiary/aromatic N) is 2. The number of benzene rings is 2. The number of carbonyl (C=O) groups excluding carboxylic acids is 2. The van der Waals surface area contributed by atoms with Gasteiger partial charge in [0.05, 0.1) is 17.5 Å². The van der Waals surface area contributed by atoms with Gasteiger partial charge in [-0.3, -0.25) is 13.9 Å². The summed E-state index contributed by atoms with van der Waals surface area (Å²) in [6.07, 6.45) is -3.95. The first kappa shape index (κ1) is 31.7. The Labute approximate surface area is 230 Å². The number of hydrogen-bond donors (Lipinski definition) is 1. The Hall–Kier alpha value is -2.50. The highest BCUT2D eigenvalue weighted by Gasteiger charge is 2.32. The van der Waals surface area contributed by atoms with Crippen LogP contribution in [0.1, 0.15) is 44.7 Å². The van der Waals surface area contributed by atoms with Crippen LogP contribution >= 0.6 is 23.2 Å². The van der Waals surface area contributed by atoms with Gasteiger partial charge in [-0.15, -0.1) is 0 Å². The van der Waals surface area contributed by atoms with Crippen LogP contribution in [0.4, 0.5) is 18.9 Å². The Balaban J connectivity index is 2.25. The normalized spacial score (nSPS) is 12.8.